The molecule has 0 saturated heterocycles. The zero-order chi connectivity index (χ0) is 13.1. The maximum absolute atomic E-state index is 11.7. The van der Waals surface area contributed by atoms with Crippen molar-refractivity contribution in [3.8, 4) is 0 Å². The lowest BCUT2D eigenvalue weighted by molar-refractivity contribution is -0.115. The Hall–Kier alpha value is -1.36. The molecule has 1 atom stereocenters. The Morgan fingerprint density at radius 3 is 2.59 bits per heavy atom. The number of anilines is 1. The number of carbonyl (C=O) groups excluding carboxylic acids is 1. The van der Waals surface area contributed by atoms with Crippen LogP contribution >= 0.6 is 0 Å². The van der Waals surface area contributed by atoms with Gasteiger partial charge in [0.15, 0.2) is 9.84 Å². The minimum atomic E-state index is -3.34. The molecule has 5 heteroatoms. The van der Waals surface area contributed by atoms with Crippen LogP contribution in [0.5, 0.6) is 0 Å². The average Bonchev–Trinajstić information content (AvgIpc) is 2.28. The number of amides is 1. The zero-order valence-corrected chi connectivity index (χ0v) is 11.0. The summed E-state index contributed by atoms with van der Waals surface area (Å²) in [7, 11) is -3.34. The van der Waals surface area contributed by atoms with Gasteiger partial charge in [0.1, 0.15) is 5.25 Å². The molecule has 1 unspecified atom stereocenters. The van der Waals surface area contributed by atoms with Crippen molar-refractivity contribution < 1.29 is 13.2 Å². The van der Waals surface area contributed by atoms with Gasteiger partial charge in [-0.25, -0.2) is 8.42 Å². The fraction of sp³-hybridized carbons (Fsp3) is 0.417. The second-order valence-electron chi connectivity index (χ2n) is 3.95. The standard InChI is InChI=1S/C12H17NO3S/c1-4-17(15,16)10(3)12(14)13-11-7-5-6-9(2)8-11/h5-8,10H,4H2,1-3H3,(H,13,14). The minimum Gasteiger partial charge on any atom is -0.325 e. The smallest absolute Gasteiger partial charge is 0.242 e. The molecule has 1 rings (SSSR count). The van der Waals surface area contributed by atoms with Gasteiger partial charge in [0.25, 0.3) is 0 Å². The molecule has 1 aromatic rings. The first kappa shape index (κ1) is 13.7. The molecule has 1 amide bonds. The van der Waals surface area contributed by atoms with E-state index in [1.54, 1.807) is 12.1 Å². The second-order valence-corrected chi connectivity index (χ2v) is 6.56. The molecule has 0 fully saturated rings. The van der Waals surface area contributed by atoms with E-state index in [4.69, 9.17) is 0 Å². The van der Waals surface area contributed by atoms with Crippen LogP contribution in [0.4, 0.5) is 5.69 Å². The Morgan fingerprint density at radius 2 is 2.06 bits per heavy atom. The number of hydrogen-bond donors (Lipinski definition) is 1. The summed E-state index contributed by atoms with van der Waals surface area (Å²) in [4.78, 5) is 11.7. The fourth-order valence-corrected chi connectivity index (χ4v) is 2.26. The van der Waals surface area contributed by atoms with Crippen molar-refractivity contribution in [1.29, 1.82) is 0 Å². The molecule has 1 N–H and O–H groups in total. The lowest BCUT2D eigenvalue weighted by Gasteiger charge is -2.12. The molecule has 0 aliphatic rings. The summed E-state index contributed by atoms with van der Waals surface area (Å²) < 4.78 is 23.1. The van der Waals surface area contributed by atoms with Gasteiger partial charge in [-0.1, -0.05) is 19.1 Å². The summed E-state index contributed by atoms with van der Waals surface area (Å²) >= 11 is 0. The summed E-state index contributed by atoms with van der Waals surface area (Å²) in [6.07, 6.45) is 0. The van der Waals surface area contributed by atoms with Gasteiger partial charge >= 0.3 is 0 Å². The monoisotopic (exact) mass is 255 g/mol. The Labute approximate surface area is 102 Å². The molecule has 0 heterocycles. The van der Waals surface area contributed by atoms with Crippen LogP contribution in [0.1, 0.15) is 19.4 Å². The van der Waals surface area contributed by atoms with E-state index in [0.29, 0.717) is 5.69 Å². The van der Waals surface area contributed by atoms with Crippen LogP contribution in [0.25, 0.3) is 0 Å². The summed E-state index contributed by atoms with van der Waals surface area (Å²) in [6, 6.07) is 7.24. The average molecular weight is 255 g/mol. The first-order valence-electron chi connectivity index (χ1n) is 5.46. The number of nitrogens with one attached hydrogen (secondary N) is 1. The Bertz CT molecular complexity index is 508. The summed E-state index contributed by atoms with van der Waals surface area (Å²) in [5.41, 5.74) is 1.63. The lowest BCUT2D eigenvalue weighted by Crippen LogP contribution is -2.33. The van der Waals surface area contributed by atoms with Crippen LogP contribution in [-0.2, 0) is 14.6 Å². The van der Waals surface area contributed by atoms with Crippen LogP contribution in [0.15, 0.2) is 24.3 Å². The quantitative estimate of drug-likeness (QED) is 0.891. The number of sulfone groups is 1. The van der Waals surface area contributed by atoms with Crippen molar-refractivity contribution in [3.63, 3.8) is 0 Å². The minimum absolute atomic E-state index is 0.0323. The highest BCUT2D eigenvalue weighted by molar-refractivity contribution is 7.92. The number of rotatable bonds is 4. The van der Waals surface area contributed by atoms with Crippen LogP contribution in [-0.4, -0.2) is 25.3 Å². The third kappa shape index (κ3) is 3.56. The zero-order valence-electron chi connectivity index (χ0n) is 10.2. The number of carbonyl (C=O) groups is 1. The second kappa shape index (κ2) is 5.31. The molecular formula is C12H17NO3S. The number of aryl methyl sites for hydroxylation is 1. The third-order valence-electron chi connectivity index (χ3n) is 2.60. The van der Waals surface area contributed by atoms with Gasteiger partial charge in [-0.3, -0.25) is 4.79 Å². The van der Waals surface area contributed by atoms with Crippen LogP contribution in [0.3, 0.4) is 0 Å². The van der Waals surface area contributed by atoms with Gasteiger partial charge in [0, 0.05) is 11.4 Å². The van der Waals surface area contributed by atoms with Crippen molar-refractivity contribution in [1.82, 2.24) is 0 Å². The molecule has 17 heavy (non-hydrogen) atoms. The van der Waals surface area contributed by atoms with Gasteiger partial charge in [-0.05, 0) is 31.5 Å². The first-order valence-corrected chi connectivity index (χ1v) is 7.17. The van der Waals surface area contributed by atoms with Crippen molar-refractivity contribution in [2.24, 2.45) is 0 Å². The highest BCUT2D eigenvalue weighted by Gasteiger charge is 2.26. The summed E-state index contributed by atoms with van der Waals surface area (Å²) in [5.74, 6) is -0.521. The Balaban J connectivity index is 2.80. The molecule has 0 radical (unpaired) electrons. The highest BCUT2D eigenvalue weighted by atomic mass is 32.2. The van der Waals surface area contributed by atoms with Crippen molar-refractivity contribution >= 4 is 21.4 Å². The Kier molecular flexibility index (Phi) is 4.28. The molecule has 4 nitrogen and oxygen atoms in total. The fourth-order valence-electron chi connectivity index (χ4n) is 1.38. The van der Waals surface area contributed by atoms with E-state index < -0.39 is 21.0 Å². The molecule has 0 aromatic heterocycles. The van der Waals surface area contributed by atoms with Gasteiger partial charge < -0.3 is 5.32 Å². The van der Waals surface area contributed by atoms with Gasteiger partial charge in [0.05, 0.1) is 0 Å². The van der Waals surface area contributed by atoms with Gasteiger partial charge in [-0.15, -0.1) is 0 Å². The summed E-state index contributed by atoms with van der Waals surface area (Å²) in [5, 5.41) is 1.58. The molecular weight excluding hydrogens is 238 g/mol. The van der Waals surface area contributed by atoms with Crippen molar-refractivity contribution in [2.45, 2.75) is 26.0 Å². The van der Waals surface area contributed by atoms with E-state index in [9.17, 15) is 13.2 Å². The van der Waals surface area contributed by atoms with Crippen LogP contribution in [0.2, 0.25) is 0 Å². The summed E-state index contributed by atoms with van der Waals surface area (Å²) in [6.45, 7) is 4.84. The number of hydrogen-bond acceptors (Lipinski definition) is 3. The predicted molar refractivity (Wildman–Crippen MR) is 68.7 cm³/mol. The van der Waals surface area contributed by atoms with E-state index in [-0.39, 0.29) is 5.75 Å². The van der Waals surface area contributed by atoms with E-state index in [2.05, 4.69) is 5.32 Å². The molecule has 0 bridgehead atoms. The van der Waals surface area contributed by atoms with Crippen molar-refractivity contribution in [2.75, 3.05) is 11.1 Å². The maximum Gasteiger partial charge on any atom is 0.242 e. The topological polar surface area (TPSA) is 63.2 Å². The first-order chi connectivity index (χ1) is 7.86. The molecule has 1 aromatic carbocycles. The molecule has 0 saturated carbocycles. The van der Waals surface area contributed by atoms with Crippen molar-refractivity contribution in [3.05, 3.63) is 29.8 Å². The lowest BCUT2D eigenvalue weighted by atomic mass is 10.2. The molecule has 0 spiro atoms. The maximum atomic E-state index is 11.7. The van der Waals surface area contributed by atoms with E-state index in [0.717, 1.165) is 5.56 Å². The number of benzene rings is 1. The largest absolute Gasteiger partial charge is 0.325 e. The van der Waals surface area contributed by atoms with E-state index in [1.165, 1.54) is 13.8 Å². The highest BCUT2D eigenvalue weighted by Crippen LogP contribution is 2.11. The van der Waals surface area contributed by atoms with Crippen LogP contribution in [0, 0.1) is 6.92 Å². The van der Waals surface area contributed by atoms with Gasteiger partial charge in [0.2, 0.25) is 5.91 Å². The van der Waals surface area contributed by atoms with Crippen LogP contribution < -0.4 is 5.32 Å². The normalized spacial score (nSPS) is 13.1. The molecule has 0 aliphatic carbocycles. The van der Waals surface area contributed by atoms with E-state index in [1.807, 2.05) is 19.1 Å². The third-order valence-corrected chi connectivity index (χ3v) is 4.69. The molecule has 0 aliphatic heterocycles. The predicted octanol–water partition coefficient (Wildman–Crippen LogP) is 1.76. The molecule has 94 valence electrons. The van der Waals surface area contributed by atoms with E-state index >= 15 is 0 Å². The SMILES string of the molecule is CCS(=O)(=O)C(C)C(=O)Nc1cccc(C)c1. The van der Waals surface area contributed by atoms with Gasteiger partial charge in [-0.2, -0.15) is 0 Å². The Morgan fingerprint density at radius 1 is 1.41 bits per heavy atom.